The fourth-order valence-electron chi connectivity index (χ4n) is 1.10. The summed E-state index contributed by atoms with van der Waals surface area (Å²) < 4.78 is 0. The summed E-state index contributed by atoms with van der Waals surface area (Å²) >= 11 is 0. The number of hydrogen-bond donors (Lipinski definition) is 1. The topological polar surface area (TPSA) is 43.1 Å². The van der Waals surface area contributed by atoms with Gasteiger partial charge in [0.05, 0.1) is 0 Å². The van der Waals surface area contributed by atoms with Crippen molar-refractivity contribution in [3.63, 3.8) is 0 Å². The molecular weight excluding hydrogens is 150 g/mol. The normalized spacial score (nSPS) is 12.2. The van der Waals surface area contributed by atoms with Crippen LogP contribution >= 0.6 is 0 Å². The van der Waals surface area contributed by atoms with Gasteiger partial charge >= 0.3 is 0 Å². The molecule has 0 unspecified atom stereocenters. The van der Waals surface area contributed by atoms with E-state index in [9.17, 15) is 4.79 Å². The van der Waals surface area contributed by atoms with Gasteiger partial charge in [0.2, 0.25) is 5.91 Å². The lowest BCUT2D eigenvalue weighted by atomic mass is 10.0. The molecule has 2 heteroatoms. The van der Waals surface area contributed by atoms with E-state index in [0.29, 0.717) is 0 Å². The highest BCUT2D eigenvalue weighted by atomic mass is 16.1. The van der Waals surface area contributed by atoms with Gasteiger partial charge in [0.25, 0.3) is 0 Å². The molecule has 0 aliphatic carbocycles. The van der Waals surface area contributed by atoms with Crippen LogP contribution in [0.5, 0.6) is 0 Å². The summed E-state index contributed by atoms with van der Waals surface area (Å²) in [4.78, 5) is 10.5. The lowest BCUT2D eigenvalue weighted by molar-refractivity contribution is -0.113. The van der Waals surface area contributed by atoms with E-state index in [1.807, 2.05) is 6.92 Å². The maximum Gasteiger partial charge on any atom is 0.241 e. The molecule has 0 aliphatic rings. The molecule has 0 spiro atoms. The maximum absolute atomic E-state index is 10.5. The van der Waals surface area contributed by atoms with Gasteiger partial charge < -0.3 is 5.73 Å². The van der Waals surface area contributed by atoms with Crippen molar-refractivity contribution in [2.24, 2.45) is 11.7 Å². The van der Waals surface area contributed by atoms with Crippen LogP contribution in [0.3, 0.4) is 0 Å². The molecule has 0 aromatic heterocycles. The van der Waals surface area contributed by atoms with Crippen molar-refractivity contribution in [1.82, 2.24) is 0 Å². The summed E-state index contributed by atoms with van der Waals surface area (Å²) in [7, 11) is 0. The second-order valence-corrected chi connectivity index (χ2v) is 3.68. The molecule has 0 atom stereocenters. The third-order valence-corrected chi connectivity index (χ3v) is 1.74. The molecule has 0 saturated heterocycles. The van der Waals surface area contributed by atoms with Crippen LogP contribution in [-0.2, 0) is 4.79 Å². The van der Waals surface area contributed by atoms with Gasteiger partial charge in [0.15, 0.2) is 0 Å². The third-order valence-electron chi connectivity index (χ3n) is 1.74. The van der Waals surface area contributed by atoms with Gasteiger partial charge in [-0.2, -0.15) is 0 Å². The fourth-order valence-corrected chi connectivity index (χ4v) is 1.10. The number of allylic oxidation sites excluding steroid dienone is 1. The van der Waals surface area contributed by atoms with Gasteiger partial charge in [0.1, 0.15) is 0 Å². The average Bonchev–Trinajstić information content (AvgIpc) is 1.84. The number of carbonyl (C=O) groups is 1. The van der Waals surface area contributed by atoms with Crippen LogP contribution in [0.1, 0.15) is 40.0 Å². The van der Waals surface area contributed by atoms with Crippen molar-refractivity contribution in [1.29, 1.82) is 0 Å². The number of primary amides is 1. The predicted molar refractivity (Wildman–Crippen MR) is 51.6 cm³/mol. The summed E-state index contributed by atoms with van der Waals surface area (Å²) in [6.45, 7) is 6.35. The molecule has 0 aromatic carbocycles. The summed E-state index contributed by atoms with van der Waals surface area (Å²) in [6, 6.07) is 0. The number of hydrogen-bond acceptors (Lipinski definition) is 1. The van der Waals surface area contributed by atoms with E-state index in [0.717, 1.165) is 24.3 Å². The molecule has 0 aromatic rings. The van der Waals surface area contributed by atoms with E-state index < -0.39 is 0 Å². The second-order valence-electron chi connectivity index (χ2n) is 3.68. The Hall–Kier alpha value is -0.790. The molecule has 1 amide bonds. The Bertz CT molecular complexity index is 171. The van der Waals surface area contributed by atoms with Crippen molar-refractivity contribution in [3.8, 4) is 0 Å². The zero-order valence-corrected chi connectivity index (χ0v) is 8.26. The number of amides is 1. The monoisotopic (exact) mass is 169 g/mol. The zero-order valence-electron chi connectivity index (χ0n) is 8.26. The molecule has 0 saturated carbocycles. The van der Waals surface area contributed by atoms with Gasteiger partial charge in [-0.1, -0.05) is 25.8 Å². The van der Waals surface area contributed by atoms with Crippen molar-refractivity contribution >= 4 is 5.91 Å². The smallest absolute Gasteiger partial charge is 0.241 e. The molecule has 2 N–H and O–H groups in total. The molecular formula is C10H19NO. The molecule has 0 heterocycles. The Morgan fingerprint density at radius 3 is 2.50 bits per heavy atom. The zero-order chi connectivity index (χ0) is 9.56. The summed E-state index contributed by atoms with van der Waals surface area (Å²) in [5.74, 6) is 0.406. The van der Waals surface area contributed by atoms with Gasteiger partial charge in [-0.05, 0) is 25.7 Å². The first-order valence-corrected chi connectivity index (χ1v) is 4.49. The molecule has 70 valence electrons. The van der Waals surface area contributed by atoms with Crippen LogP contribution in [0.2, 0.25) is 0 Å². The van der Waals surface area contributed by atoms with Crippen LogP contribution in [0.25, 0.3) is 0 Å². The van der Waals surface area contributed by atoms with E-state index >= 15 is 0 Å². The quantitative estimate of drug-likeness (QED) is 0.630. The van der Waals surface area contributed by atoms with Crippen molar-refractivity contribution in [2.45, 2.75) is 40.0 Å². The Kier molecular flexibility index (Phi) is 5.43. The largest absolute Gasteiger partial charge is 0.366 e. The molecule has 12 heavy (non-hydrogen) atoms. The van der Waals surface area contributed by atoms with Gasteiger partial charge in [-0.15, -0.1) is 0 Å². The van der Waals surface area contributed by atoms with Crippen LogP contribution < -0.4 is 5.73 Å². The molecule has 2 nitrogen and oxygen atoms in total. The summed E-state index contributed by atoms with van der Waals surface area (Å²) in [5.41, 5.74) is 6.10. The first-order valence-electron chi connectivity index (χ1n) is 4.49. The van der Waals surface area contributed by atoms with Gasteiger partial charge in [-0.25, -0.2) is 0 Å². The lowest BCUT2D eigenvalue weighted by Crippen LogP contribution is -2.06. The number of nitrogens with two attached hydrogens (primary N) is 1. The van der Waals surface area contributed by atoms with E-state index in [1.165, 1.54) is 12.5 Å². The lowest BCUT2D eigenvalue weighted by Gasteiger charge is -2.03. The standard InChI is InChI=1S/C10H19NO/c1-8(2)5-4-6-9(3)7-10(11)12/h7-8H,4-6H2,1-3H3,(H2,11,12). The Morgan fingerprint density at radius 1 is 1.50 bits per heavy atom. The predicted octanol–water partition coefficient (Wildman–Crippen LogP) is 2.24. The van der Waals surface area contributed by atoms with Crippen LogP contribution in [0.15, 0.2) is 11.6 Å². The molecule has 0 radical (unpaired) electrons. The SMILES string of the molecule is CC(=CC(N)=O)CCCC(C)C. The fraction of sp³-hybridized carbons (Fsp3) is 0.700. The minimum atomic E-state index is -0.336. The highest BCUT2D eigenvalue weighted by Crippen LogP contribution is 2.10. The van der Waals surface area contributed by atoms with E-state index in [-0.39, 0.29) is 5.91 Å². The average molecular weight is 169 g/mol. The third kappa shape index (κ3) is 7.32. The summed E-state index contributed by atoms with van der Waals surface area (Å²) in [6.07, 6.45) is 4.86. The van der Waals surface area contributed by atoms with Crippen LogP contribution in [-0.4, -0.2) is 5.91 Å². The highest BCUT2D eigenvalue weighted by Gasteiger charge is 1.96. The van der Waals surface area contributed by atoms with E-state index in [1.54, 1.807) is 0 Å². The Morgan fingerprint density at radius 2 is 2.08 bits per heavy atom. The van der Waals surface area contributed by atoms with E-state index in [4.69, 9.17) is 5.73 Å². The van der Waals surface area contributed by atoms with Crippen LogP contribution in [0.4, 0.5) is 0 Å². The summed E-state index contributed by atoms with van der Waals surface area (Å²) in [5, 5.41) is 0. The highest BCUT2D eigenvalue weighted by molar-refractivity contribution is 5.86. The van der Waals surface area contributed by atoms with Crippen molar-refractivity contribution in [3.05, 3.63) is 11.6 Å². The molecule has 0 aliphatic heterocycles. The number of rotatable bonds is 5. The minimum absolute atomic E-state index is 0.336. The Balaban J connectivity index is 3.57. The minimum Gasteiger partial charge on any atom is -0.366 e. The maximum atomic E-state index is 10.5. The molecule has 0 fully saturated rings. The van der Waals surface area contributed by atoms with Gasteiger partial charge in [0, 0.05) is 6.08 Å². The number of carbonyl (C=O) groups excluding carboxylic acids is 1. The first-order chi connectivity index (χ1) is 5.52. The van der Waals surface area contributed by atoms with Crippen LogP contribution in [0, 0.1) is 5.92 Å². The van der Waals surface area contributed by atoms with Gasteiger partial charge in [-0.3, -0.25) is 4.79 Å². The second kappa shape index (κ2) is 5.81. The van der Waals surface area contributed by atoms with Crippen molar-refractivity contribution in [2.75, 3.05) is 0 Å². The first kappa shape index (κ1) is 11.2. The van der Waals surface area contributed by atoms with Crippen molar-refractivity contribution < 1.29 is 4.79 Å². The molecule has 0 bridgehead atoms. The Labute approximate surface area is 74.8 Å². The van der Waals surface area contributed by atoms with E-state index in [2.05, 4.69) is 13.8 Å². The molecule has 0 rings (SSSR count).